The second-order valence-electron chi connectivity index (χ2n) is 4.19. The number of aromatic nitrogens is 2. The molecule has 0 unspecified atom stereocenters. The topological polar surface area (TPSA) is 97.8 Å². The van der Waals surface area contributed by atoms with Crippen LogP contribution in [0, 0.1) is 6.92 Å². The van der Waals surface area contributed by atoms with E-state index in [1.54, 1.807) is 14.0 Å². The molecule has 0 aliphatic carbocycles. The van der Waals surface area contributed by atoms with E-state index in [0.717, 1.165) is 4.57 Å². The van der Waals surface area contributed by atoms with E-state index in [0.29, 0.717) is 16.6 Å². The van der Waals surface area contributed by atoms with Gasteiger partial charge in [-0.25, -0.2) is 4.79 Å². The second kappa shape index (κ2) is 5.45. The van der Waals surface area contributed by atoms with Crippen molar-refractivity contribution in [2.45, 2.75) is 6.92 Å². The third kappa shape index (κ3) is 2.57. The fraction of sp³-hybridized carbons (Fsp3) is 0.364. The van der Waals surface area contributed by atoms with Crippen molar-refractivity contribution in [2.24, 2.45) is 24.3 Å². The number of hydrogen-bond donors (Lipinski definition) is 1. The van der Waals surface area contributed by atoms with E-state index in [-0.39, 0.29) is 11.5 Å². The van der Waals surface area contributed by atoms with Gasteiger partial charge in [-0.05, 0) is 6.92 Å². The zero-order chi connectivity index (χ0) is 14.9. The van der Waals surface area contributed by atoms with Crippen LogP contribution in [0.4, 0.5) is 0 Å². The number of amidine groups is 1. The molecule has 1 aromatic rings. The van der Waals surface area contributed by atoms with Gasteiger partial charge in [0, 0.05) is 19.8 Å². The lowest BCUT2D eigenvalue weighted by molar-refractivity contribution is -0.116. The Morgan fingerprint density at radius 1 is 1.25 bits per heavy atom. The van der Waals surface area contributed by atoms with Gasteiger partial charge in [-0.1, -0.05) is 11.8 Å². The summed E-state index contributed by atoms with van der Waals surface area (Å²) in [5.41, 5.74) is -0.0364. The molecule has 8 nitrogen and oxygen atoms in total. The Morgan fingerprint density at radius 2 is 1.95 bits per heavy atom. The SMILES string of the molecule is Cc1c(/C=N/N=C2\NC(=O)CS2)c(=O)n(C)c(=O)n1C. The highest BCUT2D eigenvalue weighted by atomic mass is 32.2. The van der Waals surface area contributed by atoms with Crippen molar-refractivity contribution in [3.63, 3.8) is 0 Å². The third-order valence-corrected chi connectivity index (χ3v) is 3.79. The van der Waals surface area contributed by atoms with Crippen LogP contribution < -0.4 is 16.6 Å². The fourth-order valence-electron chi connectivity index (χ4n) is 1.64. The summed E-state index contributed by atoms with van der Waals surface area (Å²) in [5.74, 6) is 0.188. The van der Waals surface area contributed by atoms with Crippen LogP contribution in [0.3, 0.4) is 0 Å². The van der Waals surface area contributed by atoms with Crippen LogP contribution >= 0.6 is 11.8 Å². The summed E-state index contributed by atoms with van der Waals surface area (Å²) in [6.07, 6.45) is 1.29. The molecule has 0 radical (unpaired) electrons. The maximum atomic E-state index is 12.0. The Labute approximate surface area is 118 Å². The van der Waals surface area contributed by atoms with Crippen molar-refractivity contribution in [3.8, 4) is 0 Å². The van der Waals surface area contributed by atoms with Gasteiger partial charge < -0.3 is 9.88 Å². The van der Waals surface area contributed by atoms with Gasteiger partial charge in [-0.2, -0.15) is 5.10 Å². The molecule has 0 spiro atoms. The summed E-state index contributed by atoms with van der Waals surface area (Å²) in [7, 11) is 2.98. The molecule has 0 atom stereocenters. The Kier molecular flexibility index (Phi) is 3.89. The Hall–Kier alpha value is -2.16. The minimum absolute atomic E-state index is 0.127. The normalized spacial score (nSPS) is 17.1. The van der Waals surface area contributed by atoms with Crippen LogP contribution in [0.1, 0.15) is 11.3 Å². The summed E-state index contributed by atoms with van der Waals surface area (Å²) in [5, 5.41) is 10.5. The minimum atomic E-state index is -0.433. The Bertz CT molecular complexity index is 744. The van der Waals surface area contributed by atoms with Gasteiger partial charge in [-0.15, -0.1) is 5.10 Å². The molecule has 1 amide bonds. The first-order valence-corrected chi connectivity index (χ1v) is 6.70. The summed E-state index contributed by atoms with van der Waals surface area (Å²) in [6, 6.07) is 0. The molecule has 1 saturated heterocycles. The summed E-state index contributed by atoms with van der Waals surface area (Å²) >= 11 is 1.24. The van der Waals surface area contributed by atoms with Crippen LogP contribution in [0.25, 0.3) is 0 Å². The molecule has 106 valence electrons. The molecule has 0 saturated carbocycles. The van der Waals surface area contributed by atoms with E-state index < -0.39 is 11.2 Å². The van der Waals surface area contributed by atoms with Crippen molar-refractivity contribution < 1.29 is 4.79 Å². The lowest BCUT2D eigenvalue weighted by Gasteiger charge is -2.08. The van der Waals surface area contributed by atoms with E-state index in [9.17, 15) is 14.4 Å². The third-order valence-electron chi connectivity index (χ3n) is 2.92. The molecule has 2 heterocycles. The number of hydrogen-bond acceptors (Lipinski definition) is 6. The van der Waals surface area contributed by atoms with Gasteiger partial charge in [0.25, 0.3) is 5.56 Å². The number of rotatable bonds is 2. The first kappa shape index (κ1) is 14.3. The number of nitrogens with zero attached hydrogens (tertiary/aromatic N) is 4. The number of carbonyl (C=O) groups is 1. The predicted octanol–water partition coefficient (Wildman–Crippen LogP) is -1.05. The highest BCUT2D eigenvalue weighted by molar-refractivity contribution is 8.15. The van der Waals surface area contributed by atoms with Crippen LogP contribution in [0.2, 0.25) is 0 Å². The van der Waals surface area contributed by atoms with Crippen molar-refractivity contribution in [1.29, 1.82) is 0 Å². The molecular weight excluding hydrogens is 282 g/mol. The highest BCUT2D eigenvalue weighted by Gasteiger charge is 2.16. The van der Waals surface area contributed by atoms with Crippen molar-refractivity contribution >= 4 is 29.1 Å². The average Bonchev–Trinajstić information content (AvgIpc) is 2.84. The van der Waals surface area contributed by atoms with Gasteiger partial charge in [0.05, 0.1) is 17.5 Å². The van der Waals surface area contributed by atoms with Crippen molar-refractivity contribution in [1.82, 2.24) is 14.5 Å². The first-order valence-electron chi connectivity index (χ1n) is 5.72. The van der Waals surface area contributed by atoms with Gasteiger partial charge in [0.15, 0.2) is 5.17 Å². The Balaban J connectivity index is 2.38. The molecule has 1 aliphatic heterocycles. The minimum Gasteiger partial charge on any atom is -0.303 e. The Morgan fingerprint density at radius 3 is 2.55 bits per heavy atom. The molecule has 1 aliphatic rings. The maximum absolute atomic E-state index is 12.0. The van der Waals surface area contributed by atoms with E-state index in [4.69, 9.17) is 0 Å². The summed E-state index contributed by atoms with van der Waals surface area (Å²) < 4.78 is 2.37. The first-order chi connectivity index (χ1) is 9.41. The van der Waals surface area contributed by atoms with Gasteiger partial charge in [-0.3, -0.25) is 14.2 Å². The molecule has 1 N–H and O–H groups in total. The maximum Gasteiger partial charge on any atom is 0.330 e. The summed E-state index contributed by atoms with van der Waals surface area (Å²) in [4.78, 5) is 34.6. The van der Waals surface area contributed by atoms with E-state index >= 15 is 0 Å². The second-order valence-corrected chi connectivity index (χ2v) is 5.16. The van der Waals surface area contributed by atoms with Crippen LogP contribution in [0.15, 0.2) is 19.8 Å². The standard InChI is InChI=1S/C11H13N5O3S/c1-6-7(9(18)16(3)11(19)15(6)2)4-12-14-10-13-8(17)5-20-10/h4H,5H2,1-3H3,(H,13,14,17)/b12-4+. The molecule has 1 aromatic heterocycles. The van der Waals surface area contributed by atoms with Gasteiger partial charge in [0.2, 0.25) is 5.91 Å². The lowest BCUT2D eigenvalue weighted by Crippen LogP contribution is -2.40. The monoisotopic (exact) mass is 295 g/mol. The van der Waals surface area contributed by atoms with E-state index in [1.807, 2.05) is 0 Å². The zero-order valence-electron chi connectivity index (χ0n) is 11.2. The van der Waals surface area contributed by atoms with Gasteiger partial charge in [0.1, 0.15) is 0 Å². The fourth-order valence-corrected chi connectivity index (χ4v) is 2.27. The molecule has 0 aromatic carbocycles. The van der Waals surface area contributed by atoms with Crippen molar-refractivity contribution in [2.75, 3.05) is 5.75 Å². The molecule has 20 heavy (non-hydrogen) atoms. The molecular formula is C11H13N5O3S. The quantitative estimate of drug-likeness (QED) is 0.556. The van der Waals surface area contributed by atoms with E-state index in [2.05, 4.69) is 15.5 Å². The largest absolute Gasteiger partial charge is 0.330 e. The van der Waals surface area contributed by atoms with Crippen LogP contribution in [0.5, 0.6) is 0 Å². The zero-order valence-corrected chi connectivity index (χ0v) is 12.0. The number of nitrogens with one attached hydrogen (secondary N) is 1. The number of amides is 1. The van der Waals surface area contributed by atoms with Crippen molar-refractivity contribution in [3.05, 3.63) is 32.1 Å². The lowest BCUT2D eigenvalue weighted by atomic mass is 10.2. The molecule has 9 heteroatoms. The molecule has 1 fully saturated rings. The molecule has 2 rings (SSSR count). The molecule has 0 bridgehead atoms. The predicted molar refractivity (Wildman–Crippen MR) is 77.3 cm³/mol. The van der Waals surface area contributed by atoms with Crippen LogP contribution in [-0.2, 0) is 18.9 Å². The number of thioether (sulfide) groups is 1. The van der Waals surface area contributed by atoms with Crippen LogP contribution in [-0.4, -0.2) is 32.2 Å². The summed E-state index contributed by atoms with van der Waals surface area (Å²) in [6.45, 7) is 1.66. The van der Waals surface area contributed by atoms with E-state index in [1.165, 1.54) is 29.6 Å². The number of carbonyl (C=O) groups excluding carboxylic acids is 1. The smallest absolute Gasteiger partial charge is 0.303 e. The van der Waals surface area contributed by atoms with Gasteiger partial charge >= 0.3 is 5.69 Å². The average molecular weight is 295 g/mol. The highest BCUT2D eigenvalue weighted by Crippen LogP contribution is 2.08.